The first-order chi connectivity index (χ1) is 11.5. The Morgan fingerprint density at radius 2 is 1.96 bits per heavy atom. The monoisotopic (exact) mass is 329 g/mol. The van der Waals surface area contributed by atoms with Crippen molar-refractivity contribution in [2.24, 2.45) is 0 Å². The Hall–Kier alpha value is -2.43. The molecule has 1 atom stereocenters. The molecule has 128 valence electrons. The van der Waals surface area contributed by atoms with E-state index in [1.165, 1.54) is 11.1 Å². The smallest absolute Gasteiger partial charge is 0.326 e. The van der Waals surface area contributed by atoms with Gasteiger partial charge in [0.25, 0.3) is 0 Å². The molecule has 0 saturated heterocycles. The molecule has 0 bridgehead atoms. The van der Waals surface area contributed by atoms with Gasteiger partial charge in [-0.25, -0.2) is 4.79 Å². The molecular weight excluding hydrogens is 306 g/mol. The molecule has 5 heteroatoms. The molecule has 1 aliphatic rings. The third-order valence-electron chi connectivity index (χ3n) is 4.24. The molecule has 1 amide bonds. The number of aliphatic carboxylic acids is 1. The minimum Gasteiger partial charge on any atom is -0.480 e. The van der Waals surface area contributed by atoms with Crippen LogP contribution in [0.4, 0.5) is 0 Å². The summed E-state index contributed by atoms with van der Waals surface area (Å²) in [5.41, 5.74) is 3.16. The highest BCUT2D eigenvalue weighted by Crippen LogP contribution is 2.23. The Morgan fingerprint density at radius 3 is 2.67 bits per heavy atom. The molecule has 5 nitrogen and oxygen atoms in total. The van der Waals surface area contributed by atoms with Crippen LogP contribution in [0, 0.1) is 0 Å². The summed E-state index contributed by atoms with van der Waals surface area (Å²) in [6.07, 6.45) is 6.93. The third kappa shape index (κ3) is 4.78. The van der Waals surface area contributed by atoms with E-state index < -0.39 is 17.9 Å². The lowest BCUT2D eigenvalue weighted by atomic mass is 10.0. The Kier molecular flexibility index (Phi) is 6.29. The van der Waals surface area contributed by atoms with E-state index in [4.69, 9.17) is 5.11 Å². The number of allylic oxidation sites excluding steroid dienone is 1. The molecular formula is C19H23NO4. The first kappa shape index (κ1) is 17.9. The summed E-state index contributed by atoms with van der Waals surface area (Å²) in [6.45, 7) is 1.79. The number of hydrogen-bond donors (Lipinski definition) is 2. The number of carboxylic acid groups (broad SMARTS) is 1. The van der Waals surface area contributed by atoms with E-state index in [-0.39, 0.29) is 25.0 Å². The second kappa shape index (κ2) is 8.43. The summed E-state index contributed by atoms with van der Waals surface area (Å²) in [7, 11) is 0. The van der Waals surface area contributed by atoms with Crippen LogP contribution >= 0.6 is 0 Å². The number of nitrogens with one attached hydrogen (secondary N) is 1. The number of carbonyl (C=O) groups is 3. The third-order valence-corrected chi connectivity index (χ3v) is 4.24. The van der Waals surface area contributed by atoms with Gasteiger partial charge in [-0.2, -0.15) is 0 Å². The molecule has 1 aromatic rings. The number of benzene rings is 1. The molecule has 0 aliphatic heterocycles. The number of amides is 1. The van der Waals surface area contributed by atoms with Crippen LogP contribution in [0.2, 0.25) is 0 Å². The van der Waals surface area contributed by atoms with Gasteiger partial charge in [0.1, 0.15) is 6.04 Å². The largest absolute Gasteiger partial charge is 0.480 e. The minimum atomic E-state index is -1.08. The second-order valence-corrected chi connectivity index (χ2v) is 6.02. The molecule has 0 radical (unpaired) electrons. The predicted octanol–water partition coefficient (Wildman–Crippen LogP) is 2.67. The number of carboxylic acids is 1. The molecule has 0 heterocycles. The molecule has 0 saturated carbocycles. The lowest BCUT2D eigenvalue weighted by Crippen LogP contribution is -2.40. The van der Waals surface area contributed by atoms with E-state index in [0.717, 1.165) is 19.3 Å². The fourth-order valence-electron chi connectivity index (χ4n) is 2.88. The van der Waals surface area contributed by atoms with Crippen molar-refractivity contribution in [1.29, 1.82) is 0 Å². The molecule has 1 aliphatic carbocycles. The van der Waals surface area contributed by atoms with E-state index >= 15 is 0 Å². The van der Waals surface area contributed by atoms with Crippen molar-refractivity contribution in [2.75, 3.05) is 0 Å². The molecule has 0 spiro atoms. The van der Waals surface area contributed by atoms with E-state index in [9.17, 15) is 14.4 Å². The number of rotatable bonds is 8. The Morgan fingerprint density at radius 1 is 1.21 bits per heavy atom. The zero-order valence-corrected chi connectivity index (χ0v) is 13.9. The molecule has 2 N–H and O–H groups in total. The van der Waals surface area contributed by atoms with Crippen LogP contribution < -0.4 is 5.32 Å². The van der Waals surface area contributed by atoms with Crippen LogP contribution in [0.25, 0.3) is 0 Å². The van der Waals surface area contributed by atoms with Crippen LogP contribution in [-0.2, 0) is 22.4 Å². The quantitative estimate of drug-likeness (QED) is 0.567. The van der Waals surface area contributed by atoms with Crippen LogP contribution in [0.1, 0.15) is 54.1 Å². The number of hydrogen-bond acceptors (Lipinski definition) is 3. The number of Topliss-reactive ketones (excluding diaryl/α,β-unsaturated/α-hetero) is 1. The van der Waals surface area contributed by atoms with E-state index in [1.807, 2.05) is 18.2 Å². The highest BCUT2D eigenvalue weighted by molar-refractivity contribution is 5.98. The standard InChI is InChI=1S/C19H23NO4/c1-2-3-7-16(19(23)24)20-18(22)11-10-17(21)15-9-8-13-5-4-6-14(13)12-15/h2-3,8-9,12,16H,4-7,10-11H2,1H3,(H,20,22)(H,23,24)/b3-2+. The summed E-state index contributed by atoms with van der Waals surface area (Å²) >= 11 is 0. The number of carbonyl (C=O) groups excluding carboxylic acids is 2. The highest BCUT2D eigenvalue weighted by Gasteiger charge is 2.19. The molecule has 1 aromatic carbocycles. The Balaban J connectivity index is 1.86. The van der Waals surface area contributed by atoms with Gasteiger partial charge in [0.15, 0.2) is 5.78 Å². The van der Waals surface area contributed by atoms with Gasteiger partial charge in [-0.1, -0.05) is 24.3 Å². The van der Waals surface area contributed by atoms with Crippen molar-refractivity contribution in [3.8, 4) is 0 Å². The maximum absolute atomic E-state index is 12.2. The van der Waals surface area contributed by atoms with Crippen molar-refractivity contribution >= 4 is 17.7 Å². The van der Waals surface area contributed by atoms with Gasteiger partial charge in [-0.3, -0.25) is 9.59 Å². The van der Waals surface area contributed by atoms with Crippen molar-refractivity contribution < 1.29 is 19.5 Å². The van der Waals surface area contributed by atoms with Crippen molar-refractivity contribution in [1.82, 2.24) is 5.32 Å². The van der Waals surface area contributed by atoms with Crippen LogP contribution in [0.15, 0.2) is 30.4 Å². The minimum absolute atomic E-state index is 0.00443. The van der Waals surface area contributed by atoms with Gasteiger partial charge >= 0.3 is 5.97 Å². The summed E-state index contributed by atoms with van der Waals surface area (Å²) < 4.78 is 0. The lowest BCUT2D eigenvalue weighted by Gasteiger charge is -2.12. The number of ketones is 1. The fraction of sp³-hybridized carbons (Fsp3) is 0.421. The maximum atomic E-state index is 12.2. The second-order valence-electron chi connectivity index (χ2n) is 6.02. The maximum Gasteiger partial charge on any atom is 0.326 e. The molecule has 24 heavy (non-hydrogen) atoms. The zero-order chi connectivity index (χ0) is 17.5. The van der Waals surface area contributed by atoms with Crippen LogP contribution in [0.5, 0.6) is 0 Å². The predicted molar refractivity (Wildman–Crippen MR) is 91.0 cm³/mol. The van der Waals surface area contributed by atoms with E-state index in [1.54, 1.807) is 19.1 Å². The molecule has 0 fully saturated rings. The van der Waals surface area contributed by atoms with Gasteiger partial charge in [0.05, 0.1) is 0 Å². The van der Waals surface area contributed by atoms with Crippen molar-refractivity contribution in [3.05, 3.63) is 47.0 Å². The van der Waals surface area contributed by atoms with Crippen molar-refractivity contribution in [2.45, 2.75) is 51.5 Å². The van der Waals surface area contributed by atoms with Gasteiger partial charge in [-0.05, 0) is 49.8 Å². The average molecular weight is 329 g/mol. The molecule has 1 unspecified atom stereocenters. The van der Waals surface area contributed by atoms with Crippen LogP contribution in [-0.4, -0.2) is 28.8 Å². The zero-order valence-electron chi connectivity index (χ0n) is 13.9. The van der Waals surface area contributed by atoms with Crippen LogP contribution in [0.3, 0.4) is 0 Å². The van der Waals surface area contributed by atoms with E-state index in [0.29, 0.717) is 5.56 Å². The Bertz CT molecular complexity index is 663. The van der Waals surface area contributed by atoms with Gasteiger partial charge in [0.2, 0.25) is 5.91 Å². The summed E-state index contributed by atoms with van der Waals surface area (Å²) in [5, 5.41) is 11.5. The highest BCUT2D eigenvalue weighted by atomic mass is 16.4. The summed E-state index contributed by atoms with van der Waals surface area (Å²) in [4.78, 5) is 35.2. The van der Waals surface area contributed by atoms with Gasteiger partial charge in [0, 0.05) is 18.4 Å². The average Bonchev–Trinajstić information content (AvgIpc) is 3.03. The first-order valence-electron chi connectivity index (χ1n) is 8.29. The normalized spacial score (nSPS) is 14.4. The SMILES string of the molecule is C/C=C/CC(NC(=O)CCC(=O)c1ccc2c(c1)CCC2)C(=O)O. The summed E-state index contributed by atoms with van der Waals surface area (Å²) in [6, 6.07) is 4.78. The number of aryl methyl sites for hydroxylation is 2. The van der Waals surface area contributed by atoms with E-state index in [2.05, 4.69) is 5.32 Å². The molecule has 2 rings (SSSR count). The Labute approximate surface area is 141 Å². The summed E-state index contributed by atoms with van der Waals surface area (Å²) in [5.74, 6) is -1.58. The molecule has 0 aromatic heterocycles. The number of fused-ring (bicyclic) bond motifs is 1. The topological polar surface area (TPSA) is 83.5 Å². The fourth-order valence-corrected chi connectivity index (χ4v) is 2.88. The van der Waals surface area contributed by atoms with Gasteiger partial charge < -0.3 is 10.4 Å². The van der Waals surface area contributed by atoms with Gasteiger partial charge in [-0.15, -0.1) is 0 Å². The first-order valence-corrected chi connectivity index (χ1v) is 8.29. The lowest BCUT2D eigenvalue weighted by molar-refractivity contribution is -0.141. The van der Waals surface area contributed by atoms with Crippen molar-refractivity contribution in [3.63, 3.8) is 0 Å².